The quantitative estimate of drug-likeness (QED) is 0.917. The van der Waals surface area contributed by atoms with Gasteiger partial charge in [0.05, 0.1) is 12.7 Å². The second kappa shape index (κ2) is 6.68. The molecule has 0 spiro atoms. The minimum atomic E-state index is 0.390. The number of hydrogen-bond donors (Lipinski definition) is 1. The Bertz CT molecular complexity index is 602. The molecule has 0 fully saturated rings. The molecule has 1 unspecified atom stereocenters. The van der Waals surface area contributed by atoms with E-state index in [4.69, 9.17) is 14.7 Å². The molecule has 1 aromatic carbocycles. The van der Waals surface area contributed by atoms with Crippen LogP contribution in [0.5, 0.6) is 5.75 Å². The molecule has 21 heavy (non-hydrogen) atoms. The lowest BCUT2D eigenvalue weighted by Gasteiger charge is -2.17. The van der Waals surface area contributed by atoms with E-state index in [-0.39, 0.29) is 0 Å². The Morgan fingerprint density at radius 1 is 1.14 bits per heavy atom. The second-order valence-corrected chi connectivity index (χ2v) is 5.29. The maximum atomic E-state index is 5.41. The van der Waals surface area contributed by atoms with E-state index in [2.05, 4.69) is 26.1 Å². The molecular weight excluding hydrogens is 262 g/mol. The highest BCUT2D eigenvalue weighted by molar-refractivity contribution is 5.64. The van der Waals surface area contributed by atoms with Crippen molar-refractivity contribution < 1.29 is 4.74 Å². The van der Waals surface area contributed by atoms with Crippen LogP contribution in [0.2, 0.25) is 0 Å². The molecule has 0 saturated carbocycles. The van der Waals surface area contributed by atoms with Crippen LogP contribution in [0.25, 0.3) is 11.4 Å². The maximum absolute atomic E-state index is 5.41. The van der Waals surface area contributed by atoms with Gasteiger partial charge in [0.25, 0.3) is 0 Å². The van der Waals surface area contributed by atoms with Gasteiger partial charge in [0, 0.05) is 17.9 Å². The molecule has 0 amide bonds. The van der Waals surface area contributed by atoms with Crippen molar-refractivity contribution in [1.82, 2.24) is 15.3 Å². The molecule has 0 aliphatic heterocycles. The SMILES string of the molecule is CNCC(C)c1c(C)nc(-c2ccccc2OC)nc1C. The van der Waals surface area contributed by atoms with Crippen LogP contribution in [0.15, 0.2) is 24.3 Å². The molecule has 1 heterocycles. The van der Waals surface area contributed by atoms with Gasteiger partial charge >= 0.3 is 0 Å². The Morgan fingerprint density at radius 2 is 1.76 bits per heavy atom. The van der Waals surface area contributed by atoms with E-state index in [1.54, 1.807) is 7.11 Å². The number of para-hydroxylation sites is 1. The average Bonchev–Trinajstić information content (AvgIpc) is 2.46. The number of rotatable bonds is 5. The van der Waals surface area contributed by atoms with Crippen molar-refractivity contribution in [2.24, 2.45) is 0 Å². The number of ether oxygens (including phenoxy) is 1. The van der Waals surface area contributed by atoms with E-state index in [9.17, 15) is 0 Å². The summed E-state index contributed by atoms with van der Waals surface area (Å²) in [7, 11) is 3.63. The molecule has 1 aromatic heterocycles. The summed E-state index contributed by atoms with van der Waals surface area (Å²) in [6.45, 7) is 7.21. The normalized spacial score (nSPS) is 12.2. The van der Waals surface area contributed by atoms with Gasteiger partial charge in [0.1, 0.15) is 5.75 Å². The summed E-state index contributed by atoms with van der Waals surface area (Å²) in [6, 6.07) is 7.85. The minimum absolute atomic E-state index is 0.390. The molecule has 0 aliphatic rings. The molecular formula is C17H23N3O. The van der Waals surface area contributed by atoms with Crippen molar-refractivity contribution in [1.29, 1.82) is 0 Å². The van der Waals surface area contributed by atoms with Gasteiger partial charge in [-0.1, -0.05) is 19.1 Å². The monoisotopic (exact) mass is 285 g/mol. The van der Waals surface area contributed by atoms with Crippen LogP contribution < -0.4 is 10.1 Å². The summed E-state index contributed by atoms with van der Waals surface area (Å²) < 4.78 is 5.41. The summed E-state index contributed by atoms with van der Waals surface area (Å²) >= 11 is 0. The summed E-state index contributed by atoms with van der Waals surface area (Å²) in [5.41, 5.74) is 4.22. The Morgan fingerprint density at radius 3 is 2.33 bits per heavy atom. The molecule has 1 atom stereocenters. The summed E-state index contributed by atoms with van der Waals surface area (Å²) in [6.07, 6.45) is 0. The summed E-state index contributed by atoms with van der Waals surface area (Å²) in [5.74, 6) is 1.91. The van der Waals surface area contributed by atoms with Crippen LogP contribution in [0.1, 0.15) is 29.8 Å². The van der Waals surface area contributed by atoms with E-state index in [1.807, 2.05) is 31.3 Å². The van der Waals surface area contributed by atoms with Crippen molar-refractivity contribution in [3.05, 3.63) is 41.2 Å². The zero-order valence-corrected chi connectivity index (χ0v) is 13.4. The molecule has 4 heteroatoms. The number of nitrogens with one attached hydrogen (secondary N) is 1. The molecule has 1 N–H and O–H groups in total. The first-order chi connectivity index (χ1) is 10.1. The van der Waals surface area contributed by atoms with Gasteiger partial charge in [-0.25, -0.2) is 9.97 Å². The third-order valence-electron chi connectivity index (χ3n) is 3.68. The fourth-order valence-electron chi connectivity index (χ4n) is 2.80. The van der Waals surface area contributed by atoms with Crippen molar-refractivity contribution >= 4 is 0 Å². The van der Waals surface area contributed by atoms with E-state index in [1.165, 1.54) is 5.56 Å². The highest BCUT2D eigenvalue weighted by Gasteiger charge is 2.16. The number of likely N-dealkylation sites (N-methyl/N-ethyl adjacent to an activating group) is 1. The smallest absolute Gasteiger partial charge is 0.163 e. The van der Waals surface area contributed by atoms with Crippen molar-refractivity contribution in [3.8, 4) is 17.1 Å². The fraction of sp³-hybridized carbons (Fsp3) is 0.412. The Balaban J connectivity index is 2.49. The predicted octanol–water partition coefficient (Wildman–Crippen LogP) is 3.09. The molecule has 112 valence electrons. The van der Waals surface area contributed by atoms with Gasteiger partial charge in [-0.3, -0.25) is 0 Å². The highest BCUT2D eigenvalue weighted by Crippen LogP contribution is 2.29. The number of aromatic nitrogens is 2. The highest BCUT2D eigenvalue weighted by atomic mass is 16.5. The number of benzene rings is 1. The predicted molar refractivity (Wildman–Crippen MR) is 85.8 cm³/mol. The molecule has 4 nitrogen and oxygen atoms in total. The van der Waals surface area contributed by atoms with Crippen LogP contribution in [-0.2, 0) is 0 Å². The van der Waals surface area contributed by atoms with Crippen LogP contribution in [0, 0.1) is 13.8 Å². The largest absolute Gasteiger partial charge is 0.496 e. The average molecular weight is 285 g/mol. The fourth-order valence-corrected chi connectivity index (χ4v) is 2.80. The van der Waals surface area contributed by atoms with Crippen molar-refractivity contribution in [2.75, 3.05) is 20.7 Å². The van der Waals surface area contributed by atoms with Crippen LogP contribution >= 0.6 is 0 Å². The Hall–Kier alpha value is -1.94. The zero-order chi connectivity index (χ0) is 15.4. The number of hydrogen-bond acceptors (Lipinski definition) is 4. The third kappa shape index (κ3) is 3.22. The standard InChI is InChI=1S/C17H23N3O/c1-11(10-18-4)16-12(2)19-17(20-13(16)3)14-8-6-7-9-15(14)21-5/h6-9,11,18H,10H2,1-5H3. The van der Waals surface area contributed by atoms with Crippen molar-refractivity contribution in [3.63, 3.8) is 0 Å². The number of aryl methyl sites for hydroxylation is 2. The Kier molecular flexibility index (Phi) is 4.91. The topological polar surface area (TPSA) is 47.0 Å². The first-order valence-electron chi connectivity index (χ1n) is 7.21. The van der Waals surface area contributed by atoms with Gasteiger partial charge in [-0.05, 0) is 44.5 Å². The molecule has 2 aromatic rings. The summed E-state index contributed by atoms with van der Waals surface area (Å²) in [5, 5.41) is 3.21. The molecule has 0 radical (unpaired) electrons. The molecule has 0 aliphatic carbocycles. The minimum Gasteiger partial charge on any atom is -0.496 e. The molecule has 2 rings (SSSR count). The lowest BCUT2D eigenvalue weighted by atomic mass is 9.97. The third-order valence-corrected chi connectivity index (χ3v) is 3.68. The van der Waals surface area contributed by atoms with Crippen LogP contribution in [-0.4, -0.2) is 30.7 Å². The lowest BCUT2D eigenvalue weighted by molar-refractivity contribution is 0.416. The molecule has 0 saturated heterocycles. The van der Waals surface area contributed by atoms with Gasteiger partial charge in [0.15, 0.2) is 5.82 Å². The van der Waals surface area contributed by atoms with E-state index in [0.717, 1.165) is 35.1 Å². The zero-order valence-electron chi connectivity index (χ0n) is 13.4. The van der Waals surface area contributed by atoms with Crippen LogP contribution in [0.3, 0.4) is 0 Å². The summed E-state index contributed by atoms with van der Waals surface area (Å²) in [4.78, 5) is 9.39. The van der Waals surface area contributed by atoms with Crippen LogP contribution in [0.4, 0.5) is 0 Å². The first-order valence-corrected chi connectivity index (χ1v) is 7.21. The molecule has 0 bridgehead atoms. The first kappa shape index (κ1) is 15.4. The maximum Gasteiger partial charge on any atom is 0.163 e. The van der Waals surface area contributed by atoms with Gasteiger partial charge < -0.3 is 10.1 Å². The van der Waals surface area contributed by atoms with E-state index >= 15 is 0 Å². The van der Waals surface area contributed by atoms with E-state index in [0.29, 0.717) is 5.92 Å². The Labute approximate surface area is 126 Å². The lowest BCUT2D eigenvalue weighted by Crippen LogP contribution is -2.17. The number of methoxy groups -OCH3 is 1. The van der Waals surface area contributed by atoms with Crippen molar-refractivity contribution in [2.45, 2.75) is 26.7 Å². The van der Waals surface area contributed by atoms with Gasteiger partial charge in [0.2, 0.25) is 0 Å². The van der Waals surface area contributed by atoms with Gasteiger partial charge in [-0.15, -0.1) is 0 Å². The second-order valence-electron chi connectivity index (χ2n) is 5.29. The van der Waals surface area contributed by atoms with E-state index < -0.39 is 0 Å². The van der Waals surface area contributed by atoms with Gasteiger partial charge in [-0.2, -0.15) is 0 Å². The number of nitrogens with zero attached hydrogens (tertiary/aromatic N) is 2.